The standard InChI is InChI=1S/C19H27N3/c1-2-22-13-18(15-5-3-4-6-19(15)22)16(11-20)17-12-21-9-7-14(17)8-10-21/h3-6,13-14,16-17H,2,7-12,20H2,1H3. The highest BCUT2D eigenvalue weighted by molar-refractivity contribution is 5.84. The van der Waals surface area contributed by atoms with Crippen molar-refractivity contribution in [3.05, 3.63) is 36.0 Å². The number of para-hydroxylation sites is 1. The summed E-state index contributed by atoms with van der Waals surface area (Å²) < 4.78 is 2.38. The van der Waals surface area contributed by atoms with Gasteiger partial charge in [0.1, 0.15) is 0 Å². The molecule has 0 aliphatic carbocycles. The lowest BCUT2D eigenvalue weighted by Gasteiger charge is -2.47. The Labute approximate surface area is 133 Å². The highest BCUT2D eigenvalue weighted by atomic mass is 15.1. The molecule has 4 heterocycles. The first kappa shape index (κ1) is 14.3. The number of aromatic nitrogens is 1. The van der Waals surface area contributed by atoms with Crippen molar-refractivity contribution in [1.82, 2.24) is 9.47 Å². The van der Waals surface area contributed by atoms with E-state index < -0.39 is 0 Å². The third kappa shape index (κ3) is 2.19. The molecule has 2 unspecified atom stereocenters. The zero-order valence-electron chi connectivity index (χ0n) is 13.5. The Morgan fingerprint density at radius 3 is 2.64 bits per heavy atom. The summed E-state index contributed by atoms with van der Waals surface area (Å²) in [6.45, 7) is 7.87. The van der Waals surface area contributed by atoms with Crippen LogP contribution in [0.5, 0.6) is 0 Å². The minimum atomic E-state index is 0.505. The molecule has 0 radical (unpaired) electrons. The van der Waals surface area contributed by atoms with Gasteiger partial charge in [0.25, 0.3) is 0 Å². The van der Waals surface area contributed by atoms with E-state index >= 15 is 0 Å². The maximum absolute atomic E-state index is 6.28. The van der Waals surface area contributed by atoms with Gasteiger partial charge < -0.3 is 15.2 Å². The fourth-order valence-electron chi connectivity index (χ4n) is 4.83. The number of rotatable bonds is 4. The largest absolute Gasteiger partial charge is 0.347 e. The smallest absolute Gasteiger partial charge is 0.0483 e. The van der Waals surface area contributed by atoms with E-state index in [0.717, 1.165) is 24.9 Å². The second kappa shape index (κ2) is 5.71. The Morgan fingerprint density at radius 1 is 1.23 bits per heavy atom. The predicted molar refractivity (Wildman–Crippen MR) is 92.1 cm³/mol. The fraction of sp³-hybridized carbons (Fsp3) is 0.579. The van der Waals surface area contributed by atoms with Crippen LogP contribution in [0.15, 0.2) is 30.5 Å². The molecule has 0 spiro atoms. The number of benzene rings is 1. The van der Waals surface area contributed by atoms with E-state index in [2.05, 4.69) is 46.9 Å². The average Bonchev–Trinajstić information content (AvgIpc) is 2.96. The molecule has 3 heteroatoms. The van der Waals surface area contributed by atoms with Crippen molar-refractivity contribution < 1.29 is 0 Å². The maximum Gasteiger partial charge on any atom is 0.0483 e. The molecule has 2 atom stereocenters. The van der Waals surface area contributed by atoms with Gasteiger partial charge in [-0.3, -0.25) is 0 Å². The highest BCUT2D eigenvalue weighted by Crippen LogP contribution is 2.42. The third-order valence-corrected chi connectivity index (χ3v) is 6.04. The van der Waals surface area contributed by atoms with Gasteiger partial charge in [0, 0.05) is 36.1 Å². The van der Waals surface area contributed by atoms with Crippen molar-refractivity contribution in [1.29, 1.82) is 0 Å². The summed E-state index contributed by atoms with van der Waals surface area (Å²) in [5.41, 5.74) is 9.13. The van der Waals surface area contributed by atoms with Gasteiger partial charge in [0.15, 0.2) is 0 Å². The molecule has 118 valence electrons. The van der Waals surface area contributed by atoms with Crippen LogP contribution in [-0.2, 0) is 6.54 Å². The van der Waals surface area contributed by atoms with E-state index in [1.54, 1.807) is 0 Å². The molecule has 2 bridgehead atoms. The maximum atomic E-state index is 6.28. The van der Waals surface area contributed by atoms with Gasteiger partial charge in [-0.25, -0.2) is 0 Å². The molecular formula is C19H27N3. The first-order chi connectivity index (χ1) is 10.8. The number of aryl methyl sites for hydroxylation is 1. The summed E-state index contributed by atoms with van der Waals surface area (Å²) in [7, 11) is 0. The van der Waals surface area contributed by atoms with E-state index in [4.69, 9.17) is 5.73 Å². The van der Waals surface area contributed by atoms with Crippen molar-refractivity contribution in [3.8, 4) is 0 Å². The van der Waals surface area contributed by atoms with Crippen molar-refractivity contribution in [2.75, 3.05) is 26.2 Å². The molecular weight excluding hydrogens is 270 g/mol. The van der Waals surface area contributed by atoms with Crippen molar-refractivity contribution in [3.63, 3.8) is 0 Å². The monoisotopic (exact) mass is 297 g/mol. The summed E-state index contributed by atoms with van der Waals surface area (Å²) in [5, 5.41) is 1.41. The number of nitrogens with zero attached hydrogens (tertiary/aromatic N) is 2. The van der Waals surface area contributed by atoms with Crippen molar-refractivity contribution in [2.45, 2.75) is 32.2 Å². The van der Waals surface area contributed by atoms with Gasteiger partial charge in [-0.05, 0) is 62.9 Å². The zero-order chi connectivity index (χ0) is 15.1. The Hall–Kier alpha value is -1.32. The summed E-state index contributed by atoms with van der Waals surface area (Å²) in [4.78, 5) is 2.65. The van der Waals surface area contributed by atoms with E-state index in [0.29, 0.717) is 5.92 Å². The SMILES string of the molecule is CCn1cc(C(CN)C2CN3CCC2CC3)c2ccccc21. The Balaban J connectivity index is 1.75. The zero-order valence-corrected chi connectivity index (χ0v) is 13.5. The van der Waals surface area contributed by atoms with Gasteiger partial charge in [0.2, 0.25) is 0 Å². The fourth-order valence-corrected chi connectivity index (χ4v) is 4.83. The quantitative estimate of drug-likeness (QED) is 0.941. The Morgan fingerprint density at radius 2 is 2.00 bits per heavy atom. The molecule has 2 aromatic rings. The molecule has 1 aromatic heterocycles. The van der Waals surface area contributed by atoms with Gasteiger partial charge >= 0.3 is 0 Å². The predicted octanol–water partition coefficient (Wildman–Crippen LogP) is 3.05. The molecule has 0 amide bonds. The minimum Gasteiger partial charge on any atom is -0.347 e. The van der Waals surface area contributed by atoms with Crippen LogP contribution in [-0.4, -0.2) is 35.6 Å². The van der Waals surface area contributed by atoms with Crippen LogP contribution in [0.4, 0.5) is 0 Å². The molecule has 3 aliphatic rings. The highest BCUT2D eigenvalue weighted by Gasteiger charge is 2.39. The average molecular weight is 297 g/mol. The van der Waals surface area contributed by atoms with Gasteiger partial charge in [-0.15, -0.1) is 0 Å². The molecule has 1 aromatic carbocycles. The normalized spacial score (nSPS) is 29.1. The third-order valence-electron chi connectivity index (χ3n) is 6.04. The van der Waals surface area contributed by atoms with E-state index in [1.807, 2.05) is 0 Å². The second-order valence-corrected chi connectivity index (χ2v) is 7.03. The molecule has 2 N–H and O–H groups in total. The number of hydrogen-bond acceptors (Lipinski definition) is 2. The van der Waals surface area contributed by atoms with Crippen LogP contribution >= 0.6 is 0 Å². The molecule has 22 heavy (non-hydrogen) atoms. The summed E-state index contributed by atoms with van der Waals surface area (Å²) in [5.74, 6) is 2.12. The lowest BCUT2D eigenvalue weighted by molar-refractivity contribution is 0.0381. The second-order valence-electron chi connectivity index (χ2n) is 7.03. The first-order valence-electron chi connectivity index (χ1n) is 8.82. The molecule has 3 aliphatic heterocycles. The Kier molecular flexibility index (Phi) is 3.71. The lowest BCUT2D eigenvalue weighted by Crippen LogP contribution is -2.50. The topological polar surface area (TPSA) is 34.2 Å². The molecule has 3 nitrogen and oxygen atoms in total. The Bertz CT molecular complexity index is 652. The van der Waals surface area contributed by atoms with Crippen molar-refractivity contribution in [2.24, 2.45) is 17.6 Å². The first-order valence-corrected chi connectivity index (χ1v) is 8.82. The van der Waals surface area contributed by atoms with Gasteiger partial charge in [0.05, 0.1) is 0 Å². The number of piperidine rings is 3. The van der Waals surface area contributed by atoms with E-state index in [1.165, 1.54) is 48.9 Å². The summed E-state index contributed by atoms with van der Waals surface area (Å²) >= 11 is 0. The van der Waals surface area contributed by atoms with Crippen LogP contribution < -0.4 is 5.73 Å². The van der Waals surface area contributed by atoms with Crippen LogP contribution in [0.2, 0.25) is 0 Å². The number of hydrogen-bond donors (Lipinski definition) is 1. The number of fused-ring (bicyclic) bond motifs is 4. The van der Waals surface area contributed by atoms with Crippen LogP contribution in [0, 0.1) is 11.8 Å². The minimum absolute atomic E-state index is 0.505. The molecule has 3 saturated heterocycles. The van der Waals surface area contributed by atoms with Crippen molar-refractivity contribution >= 4 is 10.9 Å². The van der Waals surface area contributed by atoms with Gasteiger partial charge in [-0.2, -0.15) is 0 Å². The molecule has 5 rings (SSSR count). The van der Waals surface area contributed by atoms with Gasteiger partial charge in [-0.1, -0.05) is 18.2 Å². The summed E-state index contributed by atoms with van der Waals surface area (Å²) in [6, 6.07) is 8.83. The summed E-state index contributed by atoms with van der Waals surface area (Å²) in [6.07, 6.45) is 5.11. The van der Waals surface area contributed by atoms with Crippen LogP contribution in [0.1, 0.15) is 31.2 Å². The van der Waals surface area contributed by atoms with Crippen LogP contribution in [0.25, 0.3) is 10.9 Å². The van der Waals surface area contributed by atoms with Crippen LogP contribution in [0.3, 0.4) is 0 Å². The number of nitrogens with two attached hydrogens (primary N) is 1. The molecule has 0 saturated carbocycles. The molecule has 3 fully saturated rings. The lowest BCUT2D eigenvalue weighted by atomic mass is 9.70. The van der Waals surface area contributed by atoms with E-state index in [9.17, 15) is 0 Å². The van der Waals surface area contributed by atoms with E-state index in [-0.39, 0.29) is 0 Å².